The van der Waals surface area contributed by atoms with Crippen molar-refractivity contribution in [2.24, 2.45) is 0 Å². The number of carbonyl (C=O) groups is 1. The van der Waals surface area contributed by atoms with Crippen molar-refractivity contribution in [2.45, 2.75) is 19.4 Å². The summed E-state index contributed by atoms with van der Waals surface area (Å²) in [6.45, 7) is 1.87. The van der Waals surface area contributed by atoms with E-state index in [2.05, 4.69) is 5.32 Å². The zero-order chi connectivity index (χ0) is 19.9. The van der Waals surface area contributed by atoms with Gasteiger partial charge in [-0.3, -0.25) is 4.79 Å². The number of amides is 1. The zero-order valence-corrected chi connectivity index (χ0v) is 16.7. The van der Waals surface area contributed by atoms with Gasteiger partial charge in [0.1, 0.15) is 5.75 Å². The van der Waals surface area contributed by atoms with Crippen LogP contribution in [-0.2, 0) is 21.2 Å². The molecule has 0 aliphatic heterocycles. The second-order valence-electron chi connectivity index (χ2n) is 6.36. The van der Waals surface area contributed by atoms with Crippen molar-refractivity contribution in [3.05, 3.63) is 65.7 Å². The molecule has 1 unspecified atom stereocenters. The van der Waals surface area contributed by atoms with E-state index in [1.54, 1.807) is 7.11 Å². The third kappa shape index (κ3) is 6.37. The Labute approximate surface area is 161 Å². The molecule has 2 aromatic carbocycles. The molecule has 0 heterocycles. The second-order valence-corrected chi connectivity index (χ2v) is 8.35. The molecular weight excluding hydrogens is 364 g/mol. The number of para-hydroxylation sites is 1. The molecule has 0 bridgehead atoms. The second kappa shape index (κ2) is 9.53. The Balaban J connectivity index is 2.01. The van der Waals surface area contributed by atoms with E-state index in [0.29, 0.717) is 12.2 Å². The van der Waals surface area contributed by atoms with E-state index >= 15 is 0 Å². The molecule has 0 aliphatic carbocycles. The summed E-state index contributed by atoms with van der Waals surface area (Å²) in [5, 5.41) is 2.85. The Hall–Kier alpha value is -2.38. The maximum atomic E-state index is 12.4. The van der Waals surface area contributed by atoms with Gasteiger partial charge in [0.2, 0.25) is 15.9 Å². The third-order valence-corrected chi connectivity index (χ3v) is 5.51. The van der Waals surface area contributed by atoms with Crippen LogP contribution < -0.4 is 10.1 Å². The topological polar surface area (TPSA) is 75.7 Å². The van der Waals surface area contributed by atoms with E-state index in [9.17, 15) is 13.2 Å². The highest BCUT2D eigenvalue weighted by Gasteiger charge is 2.21. The Morgan fingerprint density at radius 1 is 1.11 bits per heavy atom. The van der Waals surface area contributed by atoms with E-state index < -0.39 is 10.0 Å². The number of rotatable bonds is 9. The Kier molecular flexibility index (Phi) is 7.38. The van der Waals surface area contributed by atoms with E-state index in [1.807, 2.05) is 61.5 Å². The van der Waals surface area contributed by atoms with Gasteiger partial charge in [0.05, 0.1) is 26.0 Å². The maximum absolute atomic E-state index is 12.4. The molecule has 146 valence electrons. The van der Waals surface area contributed by atoms with Crippen LogP contribution in [0.15, 0.2) is 54.6 Å². The molecule has 0 saturated carbocycles. The van der Waals surface area contributed by atoms with Crippen LogP contribution in [0.25, 0.3) is 0 Å². The van der Waals surface area contributed by atoms with Crippen molar-refractivity contribution >= 4 is 15.9 Å². The summed E-state index contributed by atoms with van der Waals surface area (Å²) in [4.78, 5) is 12.4. The van der Waals surface area contributed by atoms with Crippen molar-refractivity contribution in [2.75, 3.05) is 26.5 Å². The highest BCUT2D eigenvalue weighted by atomic mass is 32.2. The standard InChI is InChI=1S/C20H26N2O4S/c1-16(18-11-7-8-12-19(18)26-2)21-20(23)15-22(27(3,24)25)14-13-17-9-5-4-6-10-17/h4-12,16H,13-15H2,1-3H3,(H,21,23). The lowest BCUT2D eigenvalue weighted by molar-refractivity contribution is -0.121. The lowest BCUT2D eigenvalue weighted by Gasteiger charge is -2.22. The Morgan fingerprint density at radius 3 is 2.37 bits per heavy atom. The van der Waals surface area contributed by atoms with Gasteiger partial charge >= 0.3 is 0 Å². The molecule has 2 aromatic rings. The van der Waals surface area contributed by atoms with Crippen LogP contribution in [0, 0.1) is 0 Å². The molecule has 0 aromatic heterocycles. The molecular formula is C20H26N2O4S. The molecule has 0 fully saturated rings. The van der Waals surface area contributed by atoms with E-state index in [1.165, 1.54) is 4.31 Å². The minimum Gasteiger partial charge on any atom is -0.496 e. The molecule has 1 N–H and O–H groups in total. The number of nitrogens with one attached hydrogen (secondary N) is 1. The van der Waals surface area contributed by atoms with E-state index in [0.717, 1.165) is 17.4 Å². The highest BCUT2D eigenvalue weighted by Crippen LogP contribution is 2.24. The van der Waals surface area contributed by atoms with Crippen LogP contribution in [0.1, 0.15) is 24.1 Å². The van der Waals surface area contributed by atoms with Crippen molar-refractivity contribution in [1.29, 1.82) is 0 Å². The molecule has 27 heavy (non-hydrogen) atoms. The molecule has 0 aliphatic rings. The summed E-state index contributed by atoms with van der Waals surface area (Å²) >= 11 is 0. The van der Waals surface area contributed by atoms with Crippen molar-refractivity contribution < 1.29 is 17.9 Å². The molecule has 7 heteroatoms. The summed E-state index contributed by atoms with van der Waals surface area (Å²) in [6, 6.07) is 16.7. The first kappa shape index (κ1) is 20.9. The summed E-state index contributed by atoms with van der Waals surface area (Å²) < 4.78 is 30.7. The fourth-order valence-corrected chi connectivity index (χ4v) is 3.58. The molecule has 1 amide bonds. The Bertz CT molecular complexity index is 853. The number of nitrogens with zero attached hydrogens (tertiary/aromatic N) is 1. The lowest BCUT2D eigenvalue weighted by Crippen LogP contribution is -2.41. The van der Waals surface area contributed by atoms with Gasteiger partial charge in [0, 0.05) is 12.1 Å². The quantitative estimate of drug-likeness (QED) is 0.713. The summed E-state index contributed by atoms with van der Waals surface area (Å²) in [5.41, 5.74) is 1.86. The zero-order valence-electron chi connectivity index (χ0n) is 15.9. The van der Waals surface area contributed by atoms with Crippen LogP contribution in [-0.4, -0.2) is 45.1 Å². The fraction of sp³-hybridized carbons (Fsp3) is 0.350. The van der Waals surface area contributed by atoms with Crippen molar-refractivity contribution in [1.82, 2.24) is 9.62 Å². The molecule has 2 rings (SSSR count). The van der Waals surface area contributed by atoms with Gasteiger partial charge in [0.25, 0.3) is 0 Å². The van der Waals surface area contributed by atoms with E-state index in [-0.39, 0.29) is 25.0 Å². The van der Waals surface area contributed by atoms with E-state index in [4.69, 9.17) is 4.74 Å². The largest absolute Gasteiger partial charge is 0.496 e. The summed E-state index contributed by atoms with van der Waals surface area (Å²) in [6.07, 6.45) is 1.66. The normalized spacial score (nSPS) is 12.6. The van der Waals surface area contributed by atoms with Gasteiger partial charge in [-0.1, -0.05) is 48.5 Å². The van der Waals surface area contributed by atoms with Crippen LogP contribution >= 0.6 is 0 Å². The van der Waals surface area contributed by atoms with Crippen LogP contribution in [0.5, 0.6) is 5.75 Å². The first-order valence-electron chi connectivity index (χ1n) is 8.72. The summed E-state index contributed by atoms with van der Waals surface area (Å²) in [7, 11) is -1.92. The van der Waals surface area contributed by atoms with Gasteiger partial charge in [-0.25, -0.2) is 8.42 Å². The Morgan fingerprint density at radius 2 is 1.74 bits per heavy atom. The predicted molar refractivity (Wildman–Crippen MR) is 106 cm³/mol. The van der Waals surface area contributed by atoms with Crippen LogP contribution in [0.4, 0.5) is 0 Å². The summed E-state index contributed by atoms with van der Waals surface area (Å²) in [5.74, 6) is 0.321. The van der Waals surface area contributed by atoms with Gasteiger partial charge in [-0.05, 0) is 25.0 Å². The fourth-order valence-electron chi connectivity index (χ4n) is 2.81. The molecule has 0 spiro atoms. The highest BCUT2D eigenvalue weighted by molar-refractivity contribution is 7.88. The third-order valence-electron chi connectivity index (χ3n) is 4.26. The smallest absolute Gasteiger partial charge is 0.235 e. The van der Waals surface area contributed by atoms with Crippen LogP contribution in [0.3, 0.4) is 0 Å². The molecule has 0 saturated heterocycles. The minimum absolute atomic E-state index is 0.217. The molecule has 1 atom stereocenters. The molecule has 0 radical (unpaired) electrons. The first-order chi connectivity index (χ1) is 12.8. The van der Waals surface area contributed by atoms with Gasteiger partial charge in [-0.15, -0.1) is 0 Å². The molecule has 6 nitrogen and oxygen atoms in total. The predicted octanol–water partition coefficient (Wildman–Crippen LogP) is 2.38. The number of carbonyl (C=O) groups excluding carboxylic acids is 1. The number of ether oxygens (including phenoxy) is 1. The first-order valence-corrected chi connectivity index (χ1v) is 10.6. The average molecular weight is 391 g/mol. The maximum Gasteiger partial charge on any atom is 0.235 e. The average Bonchev–Trinajstić information content (AvgIpc) is 2.64. The lowest BCUT2D eigenvalue weighted by atomic mass is 10.1. The van der Waals surface area contributed by atoms with Crippen molar-refractivity contribution in [3.8, 4) is 5.75 Å². The SMILES string of the molecule is COc1ccccc1C(C)NC(=O)CN(CCc1ccccc1)S(C)(=O)=O. The van der Waals surface area contributed by atoms with Crippen LogP contribution in [0.2, 0.25) is 0 Å². The van der Waals surface area contributed by atoms with Gasteiger partial charge in [0.15, 0.2) is 0 Å². The van der Waals surface area contributed by atoms with Gasteiger partial charge in [-0.2, -0.15) is 4.31 Å². The van der Waals surface area contributed by atoms with Gasteiger partial charge < -0.3 is 10.1 Å². The van der Waals surface area contributed by atoms with Crippen molar-refractivity contribution in [3.63, 3.8) is 0 Å². The number of benzene rings is 2. The number of hydrogen-bond acceptors (Lipinski definition) is 4. The minimum atomic E-state index is -3.50. The monoisotopic (exact) mass is 390 g/mol. The number of sulfonamides is 1. The number of methoxy groups -OCH3 is 1. The number of hydrogen-bond donors (Lipinski definition) is 1.